The van der Waals surface area contributed by atoms with Gasteiger partial charge < -0.3 is 24.1 Å². The van der Waals surface area contributed by atoms with E-state index in [0.29, 0.717) is 29.7 Å². The predicted molar refractivity (Wildman–Crippen MR) is 156 cm³/mol. The molecule has 0 bridgehead atoms. The third-order valence-corrected chi connectivity index (χ3v) is 6.50. The summed E-state index contributed by atoms with van der Waals surface area (Å²) in [6.45, 7) is 3.69. The number of carbonyl (C=O) groups is 1. The van der Waals surface area contributed by atoms with Gasteiger partial charge in [-0.15, -0.1) is 0 Å². The molecule has 5 rings (SSSR count). The molecule has 41 heavy (non-hydrogen) atoms. The minimum atomic E-state index is -0.309. The molecule has 0 saturated carbocycles. The maximum atomic E-state index is 13.0. The number of amides is 1. The highest BCUT2D eigenvalue weighted by Gasteiger charge is 2.17. The number of benzene rings is 2. The Morgan fingerprint density at radius 3 is 2.66 bits per heavy atom. The molecule has 2 aromatic carbocycles. The third-order valence-electron chi connectivity index (χ3n) is 6.50. The Labute approximate surface area is 239 Å². The Kier molecular flexibility index (Phi) is 9.17. The first-order valence-electron chi connectivity index (χ1n) is 13.0. The zero-order valence-corrected chi connectivity index (χ0v) is 22.2. The van der Waals surface area contributed by atoms with E-state index in [-0.39, 0.29) is 32.1 Å². The number of rotatable bonds is 10. The van der Waals surface area contributed by atoms with Gasteiger partial charge in [0.1, 0.15) is 23.7 Å². The van der Waals surface area contributed by atoms with E-state index in [9.17, 15) is 15.2 Å². The van der Waals surface area contributed by atoms with Crippen LogP contribution in [0.3, 0.4) is 0 Å². The fourth-order valence-electron chi connectivity index (χ4n) is 4.58. The van der Waals surface area contributed by atoms with Crippen molar-refractivity contribution in [1.82, 2.24) is 19.9 Å². The molecule has 2 N–H and O–H groups in total. The van der Waals surface area contributed by atoms with Crippen molar-refractivity contribution >= 4 is 11.6 Å². The van der Waals surface area contributed by atoms with E-state index in [1.807, 2.05) is 67.0 Å². The average Bonchev–Trinajstić information content (AvgIpc) is 3.64. The number of hydrogen-bond donors (Lipinski definition) is 2. The molecule has 9 nitrogen and oxygen atoms in total. The van der Waals surface area contributed by atoms with Crippen molar-refractivity contribution in [3.8, 4) is 34.2 Å². The van der Waals surface area contributed by atoms with Gasteiger partial charge in [-0.05, 0) is 62.6 Å². The highest BCUT2D eigenvalue weighted by molar-refractivity contribution is 5.95. The van der Waals surface area contributed by atoms with E-state index >= 15 is 0 Å². The lowest BCUT2D eigenvalue weighted by molar-refractivity contribution is 0.0930. The number of ether oxygens (including phenoxy) is 1. The van der Waals surface area contributed by atoms with Crippen LogP contribution in [0, 0.1) is 11.3 Å². The van der Waals surface area contributed by atoms with Crippen molar-refractivity contribution in [2.45, 2.75) is 46.3 Å². The number of carbonyl (C=O) groups excluding carboxylic acids is 1. The quantitative estimate of drug-likeness (QED) is 0.229. The summed E-state index contributed by atoms with van der Waals surface area (Å²) in [6.07, 6.45) is 8.03. The summed E-state index contributed by atoms with van der Waals surface area (Å²) < 4.78 is 12.6. The fraction of sp³-hybridized carbons (Fsp3) is 0.250. The molecular weight excluding hydrogens is 518 g/mol. The summed E-state index contributed by atoms with van der Waals surface area (Å²) in [5, 5.41) is 25.9. The molecule has 0 aliphatic heterocycles. The number of pyridine rings is 1. The highest BCUT2D eigenvalue weighted by atomic mass is 16.5. The lowest BCUT2D eigenvalue weighted by atomic mass is 10.0. The Morgan fingerprint density at radius 1 is 1.17 bits per heavy atom. The van der Waals surface area contributed by atoms with Crippen LogP contribution in [0.25, 0.3) is 28.0 Å². The summed E-state index contributed by atoms with van der Waals surface area (Å²) in [6, 6.07) is 18.6. The third kappa shape index (κ3) is 6.62. The van der Waals surface area contributed by atoms with Gasteiger partial charge in [0.05, 0.1) is 23.6 Å². The predicted octanol–water partition coefficient (Wildman–Crippen LogP) is 5.67. The minimum absolute atomic E-state index is 0. The summed E-state index contributed by atoms with van der Waals surface area (Å²) in [4.78, 5) is 17.8. The Bertz CT molecular complexity index is 1650. The minimum Gasteiger partial charge on any atom is -0.490 e. The Hall–Kier alpha value is -4.94. The van der Waals surface area contributed by atoms with Gasteiger partial charge in [0, 0.05) is 47.3 Å². The summed E-state index contributed by atoms with van der Waals surface area (Å²) >= 11 is 0. The van der Waals surface area contributed by atoms with Gasteiger partial charge in [-0.3, -0.25) is 4.79 Å². The van der Waals surface area contributed by atoms with Gasteiger partial charge in [0.2, 0.25) is 0 Å². The number of nitrogens with zero attached hydrogens (tertiary/aromatic N) is 4. The van der Waals surface area contributed by atoms with Crippen LogP contribution >= 0.6 is 0 Å². The molecule has 0 saturated heterocycles. The molecule has 3 heterocycles. The van der Waals surface area contributed by atoms with Crippen LogP contribution < -0.4 is 10.1 Å². The maximum absolute atomic E-state index is 13.0. The van der Waals surface area contributed by atoms with Crippen molar-refractivity contribution in [1.29, 1.82) is 5.26 Å². The van der Waals surface area contributed by atoms with Crippen molar-refractivity contribution < 1.29 is 19.2 Å². The van der Waals surface area contributed by atoms with E-state index in [1.165, 1.54) is 6.07 Å². The molecule has 0 unspecified atom stereocenters. The second-order valence-electron chi connectivity index (χ2n) is 9.77. The number of aliphatic hydroxyl groups is 1. The van der Waals surface area contributed by atoms with Crippen molar-refractivity contribution in [2.75, 3.05) is 6.61 Å². The maximum Gasteiger partial charge on any atom is 0.251 e. The lowest BCUT2D eigenvalue weighted by Gasteiger charge is -2.19. The van der Waals surface area contributed by atoms with Crippen molar-refractivity contribution in [3.63, 3.8) is 0 Å². The first kappa shape index (κ1) is 29.1. The normalized spacial score (nSPS) is 11.6. The Morgan fingerprint density at radius 2 is 1.98 bits per heavy atom. The smallest absolute Gasteiger partial charge is 0.251 e. The fourth-order valence-corrected chi connectivity index (χ4v) is 4.58. The highest BCUT2D eigenvalue weighted by Crippen LogP contribution is 2.27. The summed E-state index contributed by atoms with van der Waals surface area (Å²) in [5.41, 5.74) is 6.05. The van der Waals surface area contributed by atoms with E-state index < -0.39 is 0 Å². The van der Waals surface area contributed by atoms with Gasteiger partial charge >= 0.3 is 0 Å². The zero-order valence-electron chi connectivity index (χ0n) is 22.2. The van der Waals surface area contributed by atoms with Crippen LogP contribution in [0.5, 0.6) is 5.75 Å². The molecule has 0 spiro atoms. The average molecular weight is 552 g/mol. The SMILES string of the molecule is C.CC(C)Oc1ccc(C(=O)N[C@H](CCO)Cc2ccc(-c3cn4cccc(-c5cnoc5)c4n3)cc2)cc1C#N. The number of aliphatic hydroxyl groups excluding tert-OH is 1. The van der Waals surface area contributed by atoms with Gasteiger partial charge in [0.25, 0.3) is 5.91 Å². The Balaban J connectivity index is 0.00000387. The molecule has 1 amide bonds. The lowest BCUT2D eigenvalue weighted by Crippen LogP contribution is -2.37. The molecule has 1 atom stereocenters. The van der Waals surface area contributed by atoms with Gasteiger partial charge in [0.15, 0.2) is 0 Å². The van der Waals surface area contributed by atoms with Gasteiger partial charge in [-0.1, -0.05) is 36.8 Å². The van der Waals surface area contributed by atoms with E-state index in [4.69, 9.17) is 14.2 Å². The van der Waals surface area contributed by atoms with Crippen LogP contribution in [0.15, 0.2) is 84.0 Å². The van der Waals surface area contributed by atoms with Crippen LogP contribution in [-0.4, -0.2) is 44.3 Å². The van der Waals surface area contributed by atoms with Gasteiger partial charge in [-0.2, -0.15) is 5.26 Å². The number of fused-ring (bicyclic) bond motifs is 1. The second kappa shape index (κ2) is 12.9. The van der Waals surface area contributed by atoms with Crippen LogP contribution in [0.1, 0.15) is 49.2 Å². The molecule has 9 heteroatoms. The zero-order chi connectivity index (χ0) is 28.1. The first-order valence-corrected chi connectivity index (χ1v) is 13.0. The molecule has 210 valence electrons. The van der Waals surface area contributed by atoms with Crippen LogP contribution in [-0.2, 0) is 6.42 Å². The van der Waals surface area contributed by atoms with E-state index in [0.717, 1.165) is 33.6 Å². The summed E-state index contributed by atoms with van der Waals surface area (Å²) in [5.74, 6) is 0.136. The monoisotopic (exact) mass is 551 g/mol. The largest absolute Gasteiger partial charge is 0.490 e. The molecule has 5 aromatic rings. The topological polar surface area (TPSA) is 126 Å². The van der Waals surface area contributed by atoms with Crippen molar-refractivity contribution in [3.05, 3.63) is 96.1 Å². The summed E-state index contributed by atoms with van der Waals surface area (Å²) in [7, 11) is 0. The molecule has 0 radical (unpaired) electrons. The number of nitriles is 1. The number of hydrogen-bond acceptors (Lipinski definition) is 7. The molecular formula is C32H33N5O4. The van der Waals surface area contributed by atoms with E-state index in [1.54, 1.807) is 24.6 Å². The molecule has 0 aliphatic carbocycles. The standard InChI is InChI=1S/C31H29N5O4.CH4/c1-20(2)40-29-10-9-23(15-24(29)16-32)31(38)34-26(11-13-37)14-21-5-7-22(8-6-21)28-18-36-12-3-4-27(30(36)35-28)25-17-33-39-19-25;/h3-10,12,15,17-20,26,37H,11,13-14H2,1-2H3,(H,34,38);1H4/t26-;/m1./s1. The number of nitrogens with one attached hydrogen (secondary N) is 1. The number of aromatic nitrogens is 3. The molecule has 3 aromatic heterocycles. The molecule has 0 aliphatic rings. The second-order valence-corrected chi connectivity index (χ2v) is 9.77. The van der Waals surface area contributed by atoms with Crippen molar-refractivity contribution in [2.24, 2.45) is 0 Å². The van der Waals surface area contributed by atoms with Crippen LogP contribution in [0.4, 0.5) is 0 Å². The number of imidazole rings is 1. The van der Waals surface area contributed by atoms with E-state index in [2.05, 4.69) is 16.5 Å². The first-order chi connectivity index (χ1) is 19.4. The van der Waals surface area contributed by atoms with Crippen LogP contribution in [0.2, 0.25) is 0 Å². The molecule has 0 fully saturated rings. The van der Waals surface area contributed by atoms with Gasteiger partial charge in [-0.25, -0.2) is 4.98 Å².